The number of pyridine rings is 1. The van der Waals surface area contributed by atoms with Crippen LogP contribution in [0.2, 0.25) is 0 Å². The average Bonchev–Trinajstić information content (AvgIpc) is 3.28. The summed E-state index contributed by atoms with van der Waals surface area (Å²) in [4.78, 5) is 23.8. The van der Waals surface area contributed by atoms with Gasteiger partial charge in [-0.1, -0.05) is 23.4 Å². The van der Waals surface area contributed by atoms with Crippen LogP contribution in [0.25, 0.3) is 11.4 Å². The minimum absolute atomic E-state index is 0.0792. The predicted molar refractivity (Wildman–Crippen MR) is 112 cm³/mol. The minimum atomic E-state index is 0.0792. The van der Waals surface area contributed by atoms with Gasteiger partial charge in [-0.25, -0.2) is 0 Å². The Hall–Kier alpha value is -3.22. The molecule has 1 aliphatic rings. The van der Waals surface area contributed by atoms with Gasteiger partial charge in [-0.05, 0) is 49.9 Å². The molecule has 0 spiro atoms. The van der Waals surface area contributed by atoms with Crippen molar-refractivity contribution in [1.82, 2.24) is 20.0 Å². The SMILES string of the molecule is COc1cccc(-c2noc(CCCC(=O)N3CCCCC3c3ccccn3)n2)c1. The zero-order valence-electron chi connectivity index (χ0n) is 17.2. The van der Waals surface area contributed by atoms with Crippen LogP contribution < -0.4 is 4.74 Å². The van der Waals surface area contributed by atoms with Crippen molar-refractivity contribution in [3.05, 3.63) is 60.2 Å². The molecule has 3 aromatic rings. The molecule has 0 aliphatic carbocycles. The van der Waals surface area contributed by atoms with Crippen LogP contribution in [0.4, 0.5) is 0 Å². The van der Waals surface area contributed by atoms with Crippen molar-refractivity contribution < 1.29 is 14.1 Å². The fraction of sp³-hybridized carbons (Fsp3) is 0.391. The number of aromatic nitrogens is 3. The number of benzene rings is 1. The van der Waals surface area contributed by atoms with E-state index in [2.05, 4.69) is 15.1 Å². The molecule has 1 fully saturated rings. The lowest BCUT2D eigenvalue weighted by atomic mass is 9.98. The molecule has 1 aliphatic heterocycles. The first-order valence-electron chi connectivity index (χ1n) is 10.4. The first-order chi connectivity index (χ1) is 14.7. The molecule has 156 valence electrons. The summed E-state index contributed by atoms with van der Waals surface area (Å²) in [5.74, 6) is 1.98. The number of aryl methyl sites for hydroxylation is 1. The minimum Gasteiger partial charge on any atom is -0.497 e. The second-order valence-electron chi connectivity index (χ2n) is 7.45. The van der Waals surface area contributed by atoms with Gasteiger partial charge < -0.3 is 14.2 Å². The molecule has 7 nitrogen and oxygen atoms in total. The van der Waals surface area contributed by atoms with Gasteiger partial charge in [0.15, 0.2) is 0 Å². The van der Waals surface area contributed by atoms with E-state index in [0.29, 0.717) is 31.0 Å². The number of amides is 1. The number of likely N-dealkylation sites (tertiary alicyclic amines) is 1. The summed E-state index contributed by atoms with van der Waals surface area (Å²) in [6.07, 6.45) is 6.64. The van der Waals surface area contributed by atoms with Gasteiger partial charge in [-0.15, -0.1) is 0 Å². The summed E-state index contributed by atoms with van der Waals surface area (Å²) < 4.78 is 10.6. The van der Waals surface area contributed by atoms with Gasteiger partial charge >= 0.3 is 0 Å². The van der Waals surface area contributed by atoms with Gasteiger partial charge in [-0.3, -0.25) is 9.78 Å². The highest BCUT2D eigenvalue weighted by atomic mass is 16.5. The molecule has 0 saturated carbocycles. The molecule has 0 bridgehead atoms. The fourth-order valence-electron chi connectivity index (χ4n) is 3.88. The molecule has 1 saturated heterocycles. The van der Waals surface area contributed by atoms with E-state index in [-0.39, 0.29) is 11.9 Å². The second-order valence-corrected chi connectivity index (χ2v) is 7.45. The van der Waals surface area contributed by atoms with Crippen LogP contribution in [-0.2, 0) is 11.2 Å². The zero-order valence-corrected chi connectivity index (χ0v) is 17.2. The summed E-state index contributed by atoms with van der Waals surface area (Å²) in [7, 11) is 1.62. The quantitative estimate of drug-likeness (QED) is 0.584. The maximum absolute atomic E-state index is 12.9. The van der Waals surface area contributed by atoms with Gasteiger partial charge in [0.2, 0.25) is 17.6 Å². The highest BCUT2D eigenvalue weighted by Crippen LogP contribution is 2.30. The summed E-state index contributed by atoms with van der Waals surface area (Å²) in [5.41, 5.74) is 1.82. The Labute approximate surface area is 176 Å². The van der Waals surface area contributed by atoms with E-state index in [4.69, 9.17) is 9.26 Å². The molecule has 3 heterocycles. The van der Waals surface area contributed by atoms with E-state index in [1.165, 1.54) is 0 Å². The molecule has 1 aromatic carbocycles. The number of carbonyl (C=O) groups is 1. The molecule has 1 unspecified atom stereocenters. The molecule has 2 aromatic heterocycles. The lowest BCUT2D eigenvalue weighted by molar-refractivity contribution is -0.135. The predicted octanol–water partition coefficient (Wildman–Crippen LogP) is 4.22. The number of hydrogen-bond donors (Lipinski definition) is 0. The normalized spacial score (nSPS) is 16.4. The van der Waals surface area contributed by atoms with Crippen LogP contribution in [0, 0.1) is 0 Å². The Kier molecular flexibility index (Phi) is 6.37. The topological polar surface area (TPSA) is 81.4 Å². The Morgan fingerprint density at radius 2 is 2.17 bits per heavy atom. The van der Waals surface area contributed by atoms with E-state index in [1.807, 2.05) is 47.4 Å². The molecule has 0 N–H and O–H groups in total. The Morgan fingerprint density at radius 1 is 1.23 bits per heavy atom. The number of carbonyl (C=O) groups excluding carboxylic acids is 1. The van der Waals surface area contributed by atoms with E-state index in [9.17, 15) is 4.79 Å². The van der Waals surface area contributed by atoms with E-state index in [0.717, 1.165) is 42.8 Å². The number of nitrogens with zero attached hydrogens (tertiary/aromatic N) is 4. The summed E-state index contributed by atoms with van der Waals surface area (Å²) in [6, 6.07) is 13.5. The highest BCUT2D eigenvalue weighted by molar-refractivity contribution is 5.76. The van der Waals surface area contributed by atoms with E-state index in [1.54, 1.807) is 13.3 Å². The van der Waals surface area contributed by atoms with Crippen molar-refractivity contribution in [1.29, 1.82) is 0 Å². The molecule has 1 amide bonds. The number of rotatable bonds is 7. The van der Waals surface area contributed by atoms with Crippen molar-refractivity contribution in [2.45, 2.75) is 44.6 Å². The zero-order chi connectivity index (χ0) is 20.8. The van der Waals surface area contributed by atoms with Crippen LogP contribution in [0.1, 0.15) is 49.7 Å². The Morgan fingerprint density at radius 3 is 3.00 bits per heavy atom. The monoisotopic (exact) mass is 406 g/mol. The van der Waals surface area contributed by atoms with Gasteiger partial charge in [0.25, 0.3) is 0 Å². The van der Waals surface area contributed by atoms with Crippen LogP contribution in [0.3, 0.4) is 0 Å². The molecule has 30 heavy (non-hydrogen) atoms. The second kappa shape index (κ2) is 9.52. The lowest BCUT2D eigenvalue weighted by Crippen LogP contribution is -2.38. The molecular formula is C23H26N4O3. The number of hydrogen-bond acceptors (Lipinski definition) is 6. The first-order valence-corrected chi connectivity index (χ1v) is 10.4. The Bertz CT molecular complexity index is 973. The molecule has 0 radical (unpaired) electrons. The van der Waals surface area contributed by atoms with Crippen LogP contribution in [-0.4, -0.2) is 39.6 Å². The van der Waals surface area contributed by atoms with Crippen molar-refractivity contribution >= 4 is 5.91 Å². The first kappa shape index (κ1) is 20.1. The standard InChI is InChI=1S/C23H26N4O3/c1-29-18-9-6-8-17(16-18)23-25-21(30-26-23)12-7-13-22(28)27-15-5-3-11-20(27)19-10-2-4-14-24-19/h2,4,6,8-10,14,16,20H,3,5,7,11-13,15H2,1H3. The smallest absolute Gasteiger partial charge is 0.226 e. The fourth-order valence-corrected chi connectivity index (χ4v) is 3.88. The summed E-state index contributed by atoms with van der Waals surface area (Å²) >= 11 is 0. The highest BCUT2D eigenvalue weighted by Gasteiger charge is 2.28. The van der Waals surface area contributed by atoms with Gasteiger partial charge in [-0.2, -0.15) is 4.98 Å². The third kappa shape index (κ3) is 4.67. The maximum Gasteiger partial charge on any atom is 0.226 e. The summed E-state index contributed by atoms with van der Waals surface area (Å²) in [6.45, 7) is 0.792. The molecule has 4 rings (SSSR count). The van der Waals surface area contributed by atoms with Crippen molar-refractivity contribution in [3.8, 4) is 17.1 Å². The van der Waals surface area contributed by atoms with E-state index < -0.39 is 0 Å². The largest absolute Gasteiger partial charge is 0.497 e. The summed E-state index contributed by atoms with van der Waals surface area (Å²) in [5, 5.41) is 4.06. The van der Waals surface area contributed by atoms with Crippen LogP contribution in [0.15, 0.2) is 53.2 Å². The number of ether oxygens (including phenoxy) is 1. The molecule has 7 heteroatoms. The van der Waals surface area contributed by atoms with Crippen molar-refractivity contribution in [2.24, 2.45) is 0 Å². The van der Waals surface area contributed by atoms with Crippen molar-refractivity contribution in [3.63, 3.8) is 0 Å². The Balaban J connectivity index is 1.34. The van der Waals surface area contributed by atoms with Gasteiger partial charge in [0.05, 0.1) is 18.8 Å². The third-order valence-electron chi connectivity index (χ3n) is 5.43. The van der Waals surface area contributed by atoms with E-state index >= 15 is 0 Å². The van der Waals surface area contributed by atoms with Gasteiger partial charge in [0, 0.05) is 31.1 Å². The molecular weight excluding hydrogens is 380 g/mol. The van der Waals surface area contributed by atoms with Crippen molar-refractivity contribution in [2.75, 3.05) is 13.7 Å². The van der Waals surface area contributed by atoms with Crippen LogP contribution >= 0.6 is 0 Å². The maximum atomic E-state index is 12.9. The van der Waals surface area contributed by atoms with Gasteiger partial charge in [0.1, 0.15) is 5.75 Å². The average molecular weight is 406 g/mol. The number of methoxy groups -OCH3 is 1. The molecule has 1 atom stereocenters. The lowest BCUT2D eigenvalue weighted by Gasteiger charge is -2.35. The third-order valence-corrected chi connectivity index (χ3v) is 5.43. The number of piperidine rings is 1. The van der Waals surface area contributed by atoms with Crippen LogP contribution in [0.5, 0.6) is 5.75 Å².